The Kier molecular flexibility index (Phi) is 21.0. The second kappa shape index (κ2) is 10.3. The number of nitrogens with zero attached hydrogens (tertiary/aromatic N) is 1. The Morgan fingerprint density at radius 3 is 1.09 bits per heavy atom. The summed E-state index contributed by atoms with van der Waals surface area (Å²) in [5.41, 5.74) is 0. The van der Waals surface area contributed by atoms with Crippen molar-refractivity contribution in [1.29, 1.82) is 0 Å². The minimum absolute atomic E-state index is 0. The molecule has 0 aliphatic carbocycles. The largest absolute Gasteiger partial charge is 2.00 e. The van der Waals surface area contributed by atoms with Crippen LogP contribution in [0, 0.1) is 15.3 Å². The first-order valence-corrected chi connectivity index (χ1v) is 2.55. The van der Waals surface area contributed by atoms with Gasteiger partial charge in [-0.05, 0) is 0 Å². The summed E-state index contributed by atoms with van der Waals surface area (Å²) in [6.45, 7) is 0. The van der Waals surface area contributed by atoms with Crippen LogP contribution in [0.5, 0.6) is 0 Å². The molecular weight excluding hydrogens is 230 g/mol. The van der Waals surface area contributed by atoms with Crippen LogP contribution in [-0.2, 0) is 29.9 Å². The first-order chi connectivity index (χ1) is 3.73. The first-order valence-electron chi connectivity index (χ1n) is 1.21. The summed E-state index contributed by atoms with van der Waals surface area (Å²) in [6.07, 6.45) is 0. The van der Waals surface area contributed by atoms with E-state index in [2.05, 4.69) is 0 Å². The summed E-state index contributed by atoms with van der Waals surface area (Å²) in [5.74, 6) is 0. The van der Waals surface area contributed by atoms with Crippen LogP contribution in [0.4, 0.5) is 0 Å². The summed E-state index contributed by atoms with van der Waals surface area (Å²) < 4.78 is 34.1. The van der Waals surface area contributed by atoms with Gasteiger partial charge in [0, 0.05) is 10.4 Å². The van der Waals surface area contributed by atoms with Gasteiger partial charge in [0.2, 0.25) is 0 Å². The van der Waals surface area contributed by atoms with Crippen LogP contribution >= 0.6 is 0 Å². The Balaban J connectivity index is -0.0000000383. The third-order valence-electron chi connectivity index (χ3n) is 0. The van der Waals surface area contributed by atoms with Crippen LogP contribution in [0.3, 0.4) is 0 Å². The van der Waals surface area contributed by atoms with E-state index in [4.69, 9.17) is 32.8 Å². The molecule has 0 aromatic carbocycles. The van der Waals surface area contributed by atoms with Crippen LogP contribution < -0.4 is 18.9 Å². The van der Waals surface area contributed by atoms with E-state index in [0.717, 1.165) is 0 Å². The maximum Gasteiger partial charge on any atom is 2.00 e. The topological polar surface area (TPSA) is 146 Å². The summed E-state index contributed by atoms with van der Waals surface area (Å²) in [6, 6.07) is 0. The van der Waals surface area contributed by atoms with E-state index < -0.39 is 15.5 Å². The van der Waals surface area contributed by atoms with Gasteiger partial charge in [-0.3, -0.25) is 8.42 Å². The maximum absolute atomic E-state index is 8.52. The predicted octanol–water partition coefficient (Wildman–Crippen LogP) is -4.58. The minimum atomic E-state index is -5.17. The molecule has 0 bridgehead atoms. The van der Waals surface area contributed by atoms with Gasteiger partial charge in [-0.1, -0.05) is 0 Å². The van der Waals surface area contributed by atoms with Gasteiger partial charge in [0.1, 0.15) is 0 Å². The molecule has 11 heteroatoms. The molecule has 8 nitrogen and oxygen atoms in total. The zero-order chi connectivity index (χ0) is 8.08. The Morgan fingerprint density at radius 1 is 1.09 bits per heavy atom. The fourth-order valence-electron chi connectivity index (χ4n) is 0. The molecule has 0 aromatic heterocycles. The average Bonchev–Trinajstić information content (AvgIpc) is 1.19. The molecule has 11 heavy (non-hydrogen) atoms. The molecule has 0 aromatic rings. The number of hydrogen-bond acceptors (Lipinski definition) is 7. The molecule has 0 unspecified atom stereocenters. The Morgan fingerprint density at radius 2 is 1.09 bits per heavy atom. The van der Waals surface area contributed by atoms with Crippen LogP contribution in [0.2, 0.25) is 0 Å². The third-order valence-corrected chi connectivity index (χ3v) is 0. The fraction of sp³-hybridized carbons (Fsp3) is 0. The quantitative estimate of drug-likeness (QED) is 0.134. The zero-order valence-corrected chi connectivity index (χ0v) is 9.20. The van der Waals surface area contributed by atoms with Gasteiger partial charge in [0.05, 0.1) is 5.09 Å². The normalized spacial score (nSPS) is 7.45. The molecule has 0 amide bonds. The van der Waals surface area contributed by atoms with Crippen molar-refractivity contribution in [3.63, 3.8) is 0 Å². The fourth-order valence-corrected chi connectivity index (χ4v) is 0. The molecule has 0 fully saturated rings. The van der Waals surface area contributed by atoms with E-state index in [0.29, 0.717) is 0 Å². The van der Waals surface area contributed by atoms with Gasteiger partial charge in [0.15, 0.2) is 0 Å². The van der Waals surface area contributed by atoms with Gasteiger partial charge in [-0.15, -0.1) is 0 Å². The average molecular weight is 230 g/mol. The van der Waals surface area contributed by atoms with Crippen LogP contribution in [0.15, 0.2) is 0 Å². The van der Waals surface area contributed by atoms with Crippen LogP contribution in [-0.4, -0.2) is 22.6 Å². The van der Waals surface area contributed by atoms with E-state index in [1.165, 1.54) is 0 Å². The smallest absolute Gasteiger partial charge is 0.759 e. The SMILES string of the molecule is O=S(=O)([O-])[O-].O=[N+]([O-])[O-].[Li+].[Zn+2]. The predicted molar refractivity (Wildman–Crippen MR) is 20.8 cm³/mol. The van der Waals surface area contributed by atoms with Gasteiger partial charge < -0.3 is 24.4 Å². The molecule has 0 aliphatic heterocycles. The van der Waals surface area contributed by atoms with Crippen LogP contribution in [0.1, 0.15) is 0 Å². The number of hydrogen-bond donors (Lipinski definition) is 0. The Bertz CT molecular complexity index is 161. The van der Waals surface area contributed by atoms with Crippen molar-refractivity contribution in [2.75, 3.05) is 0 Å². The first kappa shape index (κ1) is 22.5. The third kappa shape index (κ3) is 8370. The monoisotopic (exact) mass is 229 g/mol. The molecule has 0 saturated carbocycles. The second-order valence-electron chi connectivity index (χ2n) is 0.632. The zero-order valence-electron chi connectivity index (χ0n) is 5.42. The summed E-state index contributed by atoms with van der Waals surface area (Å²) in [4.78, 5) is 8.25. The van der Waals surface area contributed by atoms with Crippen molar-refractivity contribution in [2.45, 2.75) is 0 Å². The molecule has 0 N–H and O–H groups in total. The van der Waals surface area contributed by atoms with Crippen molar-refractivity contribution in [3.05, 3.63) is 15.3 Å². The molecule has 0 saturated heterocycles. The van der Waals surface area contributed by atoms with E-state index in [1.54, 1.807) is 0 Å². The van der Waals surface area contributed by atoms with Gasteiger partial charge >= 0.3 is 38.3 Å². The molecule has 0 heterocycles. The maximum atomic E-state index is 8.52. The molecule has 0 radical (unpaired) electrons. The molecule has 0 rings (SSSR count). The van der Waals surface area contributed by atoms with Crippen molar-refractivity contribution in [3.8, 4) is 0 Å². The van der Waals surface area contributed by atoms with Gasteiger partial charge in [0.25, 0.3) is 0 Å². The van der Waals surface area contributed by atoms with Crippen LogP contribution in [0.25, 0.3) is 0 Å². The number of rotatable bonds is 0. The van der Waals surface area contributed by atoms with Gasteiger partial charge in [-0.25, -0.2) is 0 Å². The molecule has 0 spiro atoms. The summed E-state index contributed by atoms with van der Waals surface area (Å²) >= 11 is 0. The van der Waals surface area contributed by atoms with Crippen molar-refractivity contribution in [2.24, 2.45) is 0 Å². The van der Waals surface area contributed by atoms with E-state index in [-0.39, 0.29) is 38.3 Å². The van der Waals surface area contributed by atoms with E-state index in [9.17, 15) is 0 Å². The molecule has 0 atom stereocenters. The second-order valence-corrected chi connectivity index (χ2v) is 1.45. The summed E-state index contributed by atoms with van der Waals surface area (Å²) in [5, 5.41) is 14.8. The Labute approximate surface area is 86.6 Å². The van der Waals surface area contributed by atoms with Crippen molar-refractivity contribution >= 4 is 10.4 Å². The molecular formula is LiNO7SZn. The minimum Gasteiger partial charge on any atom is -0.759 e. The standard InChI is InChI=1S/Li.NO3.H2O4S.Zn/c;2-1(3)4;1-5(2,3)4;/h;;(H2,1,2,3,4);/q+1;-1;;+2/p-2. The molecule has 56 valence electrons. The van der Waals surface area contributed by atoms with Crippen molar-refractivity contribution < 1.29 is 60.9 Å². The Hall–Kier alpha value is 0.291. The van der Waals surface area contributed by atoms with E-state index in [1.807, 2.05) is 0 Å². The van der Waals surface area contributed by atoms with Gasteiger partial charge in [-0.2, -0.15) is 0 Å². The van der Waals surface area contributed by atoms with Crippen molar-refractivity contribution in [1.82, 2.24) is 0 Å². The van der Waals surface area contributed by atoms with E-state index >= 15 is 0 Å². The summed E-state index contributed by atoms with van der Waals surface area (Å²) in [7, 11) is -5.17. The molecule has 0 aliphatic rings.